The highest BCUT2D eigenvalue weighted by Gasteiger charge is 1.98. The molecule has 1 N–H and O–H groups in total. The van der Waals surface area contributed by atoms with E-state index < -0.39 is 0 Å². The predicted molar refractivity (Wildman–Crippen MR) is 60.4 cm³/mol. The molecule has 3 heteroatoms. The van der Waals surface area contributed by atoms with Crippen molar-refractivity contribution in [3.8, 4) is 0 Å². The number of benzene rings is 1. The van der Waals surface area contributed by atoms with Gasteiger partial charge in [-0.1, -0.05) is 30.4 Å². The van der Waals surface area contributed by atoms with Gasteiger partial charge in [0, 0.05) is 11.1 Å². The summed E-state index contributed by atoms with van der Waals surface area (Å²) in [4.78, 5) is 4.47. The van der Waals surface area contributed by atoms with Crippen molar-refractivity contribution in [3.05, 3.63) is 54.8 Å². The number of rotatable bonds is 3. The molecule has 0 saturated carbocycles. The molecule has 72 valence electrons. The molecule has 2 rings (SSSR count). The molecule has 0 radical (unpaired) electrons. The summed E-state index contributed by atoms with van der Waals surface area (Å²) in [6.45, 7) is 0.913. The largest absolute Gasteiger partial charge is 0.302 e. The monoisotopic (exact) mass is 204 g/mol. The van der Waals surface area contributed by atoms with Crippen molar-refractivity contribution < 1.29 is 0 Å². The predicted octanol–water partition coefficient (Wildman–Crippen LogP) is 2.58. The summed E-state index contributed by atoms with van der Waals surface area (Å²) in [7, 11) is 0. The summed E-state index contributed by atoms with van der Waals surface area (Å²) in [6, 6.07) is 10.3. The van der Waals surface area contributed by atoms with Crippen LogP contribution in [0.5, 0.6) is 0 Å². The first-order valence-corrected chi connectivity index (χ1v) is 5.34. The molecule has 1 aliphatic rings. The van der Waals surface area contributed by atoms with Gasteiger partial charge in [-0.25, -0.2) is 0 Å². The van der Waals surface area contributed by atoms with Crippen LogP contribution in [0.3, 0.4) is 0 Å². The molecule has 0 atom stereocenters. The molecule has 0 amide bonds. The number of hydrogen-bond donors (Lipinski definition) is 1. The van der Waals surface area contributed by atoms with E-state index in [-0.39, 0.29) is 0 Å². The molecule has 0 bridgehead atoms. The quantitative estimate of drug-likeness (QED) is 0.762. The number of nitrogens with zero attached hydrogens (tertiary/aromatic N) is 1. The smallest absolute Gasteiger partial charge is 0.0530 e. The Labute approximate surface area is 88.4 Å². The highest BCUT2D eigenvalue weighted by atomic mass is 32.2. The minimum atomic E-state index is 0.913. The van der Waals surface area contributed by atoms with Crippen LogP contribution in [0.2, 0.25) is 0 Å². The van der Waals surface area contributed by atoms with Crippen LogP contribution in [0.4, 0.5) is 0 Å². The normalized spacial score (nSPS) is 14.7. The summed E-state index contributed by atoms with van der Waals surface area (Å²) in [5.41, 5.74) is 0. The van der Waals surface area contributed by atoms with E-state index in [1.807, 2.05) is 41.6 Å². The van der Waals surface area contributed by atoms with Gasteiger partial charge < -0.3 is 5.01 Å². The number of allylic oxidation sites excluding steroid dienone is 2. The van der Waals surface area contributed by atoms with E-state index in [1.54, 1.807) is 11.9 Å². The van der Waals surface area contributed by atoms with Crippen LogP contribution in [0.1, 0.15) is 0 Å². The fourth-order valence-electron chi connectivity index (χ4n) is 1.13. The van der Waals surface area contributed by atoms with Crippen molar-refractivity contribution in [3.63, 3.8) is 0 Å². The van der Waals surface area contributed by atoms with Crippen LogP contribution in [0.15, 0.2) is 59.7 Å². The van der Waals surface area contributed by atoms with Crippen molar-refractivity contribution in [1.29, 1.82) is 0 Å². The van der Waals surface area contributed by atoms with Gasteiger partial charge in [0.15, 0.2) is 0 Å². The van der Waals surface area contributed by atoms with Gasteiger partial charge in [-0.2, -0.15) is 4.83 Å². The second-order valence-corrected chi connectivity index (χ2v) is 3.79. The number of hydrazine groups is 1. The van der Waals surface area contributed by atoms with Crippen LogP contribution in [-0.4, -0.2) is 11.6 Å². The second-order valence-electron chi connectivity index (χ2n) is 2.93. The molecule has 1 aromatic carbocycles. The minimum absolute atomic E-state index is 0.913. The highest BCUT2D eigenvalue weighted by Crippen LogP contribution is 2.14. The average molecular weight is 204 g/mol. The third-order valence-electron chi connectivity index (χ3n) is 1.84. The molecule has 0 unspecified atom stereocenters. The highest BCUT2D eigenvalue weighted by molar-refractivity contribution is 7.97. The maximum absolute atomic E-state index is 3.25. The topological polar surface area (TPSA) is 15.3 Å². The Morgan fingerprint density at radius 3 is 2.71 bits per heavy atom. The van der Waals surface area contributed by atoms with Gasteiger partial charge in [0.2, 0.25) is 0 Å². The lowest BCUT2D eigenvalue weighted by Gasteiger charge is -2.20. The van der Waals surface area contributed by atoms with E-state index in [2.05, 4.69) is 23.0 Å². The lowest BCUT2D eigenvalue weighted by atomic mass is 10.4. The lowest BCUT2D eigenvalue weighted by molar-refractivity contribution is 0.389. The van der Waals surface area contributed by atoms with Gasteiger partial charge in [0.1, 0.15) is 0 Å². The zero-order chi connectivity index (χ0) is 9.64. The van der Waals surface area contributed by atoms with Gasteiger partial charge in [-0.3, -0.25) is 0 Å². The molecule has 0 aliphatic carbocycles. The van der Waals surface area contributed by atoms with Gasteiger partial charge in [-0.15, -0.1) is 0 Å². The Kier molecular flexibility index (Phi) is 3.27. The van der Waals surface area contributed by atoms with Gasteiger partial charge in [0.25, 0.3) is 0 Å². The molecule has 1 aliphatic heterocycles. The van der Waals surface area contributed by atoms with Crippen molar-refractivity contribution in [2.24, 2.45) is 0 Å². The van der Waals surface area contributed by atoms with E-state index >= 15 is 0 Å². The van der Waals surface area contributed by atoms with Crippen LogP contribution < -0.4 is 4.83 Å². The van der Waals surface area contributed by atoms with E-state index in [9.17, 15) is 0 Å². The lowest BCUT2D eigenvalue weighted by Crippen LogP contribution is -2.28. The third-order valence-corrected chi connectivity index (χ3v) is 2.67. The van der Waals surface area contributed by atoms with E-state index in [0.717, 1.165) is 6.54 Å². The van der Waals surface area contributed by atoms with Gasteiger partial charge in [-0.05, 0) is 30.2 Å². The molecule has 0 aromatic heterocycles. The van der Waals surface area contributed by atoms with Crippen LogP contribution in [-0.2, 0) is 0 Å². The van der Waals surface area contributed by atoms with Crippen molar-refractivity contribution in [2.45, 2.75) is 4.90 Å². The second kappa shape index (κ2) is 4.88. The zero-order valence-corrected chi connectivity index (χ0v) is 8.58. The Balaban J connectivity index is 1.83. The molecule has 2 nitrogen and oxygen atoms in total. The van der Waals surface area contributed by atoms with Crippen molar-refractivity contribution >= 4 is 11.9 Å². The maximum Gasteiger partial charge on any atom is 0.0530 e. The van der Waals surface area contributed by atoms with E-state index in [0.29, 0.717) is 0 Å². The minimum Gasteiger partial charge on any atom is -0.302 e. The molecule has 1 aromatic rings. The van der Waals surface area contributed by atoms with Gasteiger partial charge >= 0.3 is 0 Å². The SMILES string of the molecule is C1=CCN(NSc2ccccc2)C=C1. The molecule has 1 heterocycles. The first-order valence-electron chi connectivity index (χ1n) is 4.53. The first-order chi connectivity index (χ1) is 6.95. The number of nitrogens with one attached hydrogen (secondary N) is 1. The van der Waals surface area contributed by atoms with Gasteiger partial charge in [0.05, 0.1) is 6.54 Å². The summed E-state index contributed by atoms with van der Waals surface area (Å²) in [5.74, 6) is 0. The maximum atomic E-state index is 3.25. The molecule has 0 spiro atoms. The summed E-state index contributed by atoms with van der Waals surface area (Å²) >= 11 is 1.62. The Morgan fingerprint density at radius 1 is 1.14 bits per heavy atom. The fraction of sp³-hybridized carbons (Fsp3) is 0.0909. The number of hydrogen-bond acceptors (Lipinski definition) is 3. The fourth-order valence-corrected chi connectivity index (χ4v) is 1.79. The Hall–Kier alpha value is -1.19. The average Bonchev–Trinajstić information content (AvgIpc) is 2.29. The Bertz CT molecular complexity index is 332. The summed E-state index contributed by atoms with van der Waals surface area (Å²) < 4.78 is 0. The molecule has 0 fully saturated rings. The van der Waals surface area contributed by atoms with Crippen LogP contribution in [0.25, 0.3) is 0 Å². The van der Waals surface area contributed by atoms with E-state index in [1.165, 1.54) is 4.90 Å². The van der Waals surface area contributed by atoms with Crippen LogP contribution >= 0.6 is 11.9 Å². The standard InChI is InChI=1S/C11H12N2S/c1-3-7-11(8-4-1)14-12-13-9-5-2-6-10-13/h1-9,12H,10H2. The zero-order valence-electron chi connectivity index (χ0n) is 7.76. The molecule has 0 saturated heterocycles. The molecule has 14 heavy (non-hydrogen) atoms. The van der Waals surface area contributed by atoms with Crippen LogP contribution in [0, 0.1) is 0 Å². The molecular formula is C11H12N2S. The van der Waals surface area contributed by atoms with E-state index in [4.69, 9.17) is 0 Å². The first kappa shape index (κ1) is 9.37. The Morgan fingerprint density at radius 2 is 2.00 bits per heavy atom. The summed E-state index contributed by atoms with van der Waals surface area (Å²) in [6.07, 6.45) is 8.20. The van der Waals surface area contributed by atoms with Crippen molar-refractivity contribution in [1.82, 2.24) is 9.84 Å². The summed E-state index contributed by atoms with van der Waals surface area (Å²) in [5, 5.41) is 2.04. The third kappa shape index (κ3) is 2.65. The molecular weight excluding hydrogens is 192 g/mol. The van der Waals surface area contributed by atoms with Crippen molar-refractivity contribution in [2.75, 3.05) is 6.54 Å².